The van der Waals surface area contributed by atoms with Crippen LogP contribution in [0.15, 0.2) is 41.1 Å². The lowest BCUT2D eigenvalue weighted by Crippen LogP contribution is -2.43. The molecule has 0 saturated carbocycles. The van der Waals surface area contributed by atoms with Gasteiger partial charge in [-0.2, -0.15) is 0 Å². The molecule has 212 valence electrons. The molecule has 3 aliphatic rings. The number of aromatic hydroxyl groups is 1. The third-order valence-corrected chi connectivity index (χ3v) is 7.99. The summed E-state index contributed by atoms with van der Waals surface area (Å²) in [4.78, 5) is 68.2. The third kappa shape index (κ3) is 5.06. The van der Waals surface area contributed by atoms with Crippen LogP contribution in [0.25, 0.3) is 0 Å². The standard InChI is InChI=1S/C31H35NO8/c1-6-17-7-9-19(33)21(13-15(2)3)40-30(39)31(5)12-11-22(35)32-26-25(31)29(38)23-18(28(26)37)14-16(4)27(36)24(23)20(34)10-8-17/h7,9,13-14,17,19,21,33,36H,6,8,10-12H2,1-5H3,(H,32,35). The minimum Gasteiger partial charge on any atom is -0.507 e. The monoisotopic (exact) mass is 549 g/mol. The highest BCUT2D eigenvalue weighted by Crippen LogP contribution is 2.45. The van der Waals surface area contributed by atoms with Gasteiger partial charge in [0.2, 0.25) is 11.7 Å². The molecule has 0 spiro atoms. The highest BCUT2D eigenvalue weighted by molar-refractivity contribution is 6.32. The number of benzene rings is 1. The predicted molar refractivity (Wildman–Crippen MR) is 146 cm³/mol. The Morgan fingerprint density at radius 3 is 2.45 bits per heavy atom. The van der Waals surface area contributed by atoms with Crippen LogP contribution >= 0.6 is 0 Å². The Balaban J connectivity index is 2.02. The smallest absolute Gasteiger partial charge is 0.317 e. The molecular weight excluding hydrogens is 514 g/mol. The molecule has 1 aromatic rings. The van der Waals surface area contributed by atoms with E-state index in [0.717, 1.165) is 5.57 Å². The van der Waals surface area contributed by atoms with Crippen LogP contribution in [0.4, 0.5) is 0 Å². The first-order chi connectivity index (χ1) is 18.8. The topological polar surface area (TPSA) is 147 Å². The maximum absolute atomic E-state index is 14.3. The summed E-state index contributed by atoms with van der Waals surface area (Å²) in [5.41, 5.74) is -2.05. The van der Waals surface area contributed by atoms with Gasteiger partial charge < -0.3 is 20.3 Å². The second kappa shape index (κ2) is 11.0. The van der Waals surface area contributed by atoms with Gasteiger partial charge in [-0.05, 0) is 70.6 Å². The summed E-state index contributed by atoms with van der Waals surface area (Å²) in [5, 5.41) is 24.5. The number of carbonyl (C=O) groups excluding carboxylic acids is 5. The summed E-state index contributed by atoms with van der Waals surface area (Å²) in [6.45, 7) is 8.44. The molecule has 4 rings (SSSR count). The second-order valence-electron chi connectivity index (χ2n) is 11.2. The van der Waals surface area contributed by atoms with Gasteiger partial charge in [0.25, 0.3) is 0 Å². The zero-order valence-electron chi connectivity index (χ0n) is 23.4. The Morgan fingerprint density at radius 1 is 1.10 bits per heavy atom. The number of cyclic esters (lactones) is 1. The van der Waals surface area contributed by atoms with Gasteiger partial charge in [-0.15, -0.1) is 0 Å². The minimum absolute atomic E-state index is 0.0311. The van der Waals surface area contributed by atoms with E-state index in [9.17, 15) is 34.2 Å². The minimum atomic E-state index is -1.77. The third-order valence-electron chi connectivity index (χ3n) is 7.99. The summed E-state index contributed by atoms with van der Waals surface area (Å²) in [5.74, 6) is -4.03. The van der Waals surface area contributed by atoms with Crippen LogP contribution in [0, 0.1) is 18.3 Å². The average molecular weight is 550 g/mol. The van der Waals surface area contributed by atoms with Gasteiger partial charge in [-0.25, -0.2) is 0 Å². The van der Waals surface area contributed by atoms with E-state index in [1.165, 1.54) is 26.0 Å². The van der Waals surface area contributed by atoms with Crippen molar-refractivity contribution < 1.29 is 38.9 Å². The van der Waals surface area contributed by atoms with Crippen molar-refractivity contribution in [2.75, 3.05) is 0 Å². The molecule has 0 radical (unpaired) electrons. The highest BCUT2D eigenvalue weighted by Gasteiger charge is 2.51. The number of aliphatic hydroxyl groups is 1. The number of ether oxygens (including phenoxy) is 1. The van der Waals surface area contributed by atoms with E-state index in [0.29, 0.717) is 12.8 Å². The van der Waals surface area contributed by atoms with Gasteiger partial charge in [0.15, 0.2) is 11.6 Å². The van der Waals surface area contributed by atoms with E-state index in [1.807, 2.05) is 6.92 Å². The predicted octanol–water partition coefficient (Wildman–Crippen LogP) is 4.05. The van der Waals surface area contributed by atoms with Crippen LogP contribution in [-0.2, 0) is 14.3 Å². The molecular formula is C31H35NO8. The molecule has 9 heteroatoms. The van der Waals surface area contributed by atoms with Crippen molar-refractivity contribution in [2.24, 2.45) is 11.3 Å². The summed E-state index contributed by atoms with van der Waals surface area (Å²) >= 11 is 0. The number of phenolic OH excluding ortho intramolecular Hbond substituents is 1. The van der Waals surface area contributed by atoms with Crippen LogP contribution in [0.3, 0.4) is 0 Å². The highest BCUT2D eigenvalue weighted by atomic mass is 16.6. The van der Waals surface area contributed by atoms with Crippen LogP contribution < -0.4 is 5.32 Å². The van der Waals surface area contributed by atoms with Crippen LogP contribution in [0.2, 0.25) is 0 Å². The fourth-order valence-corrected chi connectivity index (χ4v) is 5.56. The van der Waals surface area contributed by atoms with Gasteiger partial charge >= 0.3 is 5.97 Å². The van der Waals surface area contributed by atoms with Crippen molar-refractivity contribution in [1.29, 1.82) is 0 Å². The number of hydrogen-bond donors (Lipinski definition) is 3. The lowest BCUT2D eigenvalue weighted by molar-refractivity contribution is -0.159. The molecule has 1 aromatic carbocycles. The van der Waals surface area contributed by atoms with E-state index in [1.54, 1.807) is 26.0 Å². The lowest BCUT2D eigenvalue weighted by atomic mass is 9.69. The van der Waals surface area contributed by atoms with Gasteiger partial charge in [0.05, 0.1) is 16.7 Å². The number of hydrogen-bond acceptors (Lipinski definition) is 8. The maximum Gasteiger partial charge on any atom is 0.317 e. The van der Waals surface area contributed by atoms with Crippen LogP contribution in [0.1, 0.15) is 96.4 Å². The Hall–Kier alpha value is -3.85. The summed E-state index contributed by atoms with van der Waals surface area (Å²) in [6.07, 6.45) is 3.20. The Morgan fingerprint density at radius 2 is 1.80 bits per heavy atom. The number of ketones is 3. The summed E-state index contributed by atoms with van der Waals surface area (Å²) < 4.78 is 5.82. The Bertz CT molecular complexity index is 1410. The molecule has 3 N–H and O–H groups in total. The number of phenols is 1. The van der Waals surface area contributed by atoms with E-state index in [4.69, 9.17) is 4.74 Å². The zero-order chi connectivity index (χ0) is 29.5. The molecule has 40 heavy (non-hydrogen) atoms. The fourth-order valence-electron chi connectivity index (χ4n) is 5.56. The molecule has 0 fully saturated rings. The van der Waals surface area contributed by atoms with Gasteiger partial charge in [0.1, 0.15) is 18.0 Å². The Labute approximate surface area is 233 Å². The van der Waals surface area contributed by atoms with Crippen molar-refractivity contribution in [3.8, 4) is 5.75 Å². The number of carbonyl (C=O) groups is 5. The molecule has 1 amide bonds. The first-order valence-corrected chi connectivity index (χ1v) is 13.6. The van der Waals surface area contributed by atoms with Crippen LogP contribution in [0.5, 0.6) is 5.75 Å². The van der Waals surface area contributed by atoms with Gasteiger partial charge in [-0.1, -0.05) is 24.6 Å². The van der Waals surface area contributed by atoms with Crippen molar-refractivity contribution in [3.05, 3.63) is 63.4 Å². The number of nitrogens with one attached hydrogen (secondary N) is 1. The van der Waals surface area contributed by atoms with E-state index in [2.05, 4.69) is 5.32 Å². The average Bonchev–Trinajstić information content (AvgIpc) is 3.03. The Kier molecular flexibility index (Phi) is 7.99. The number of amides is 1. The number of esters is 1. The quantitative estimate of drug-likeness (QED) is 0.370. The van der Waals surface area contributed by atoms with Gasteiger partial charge in [0, 0.05) is 29.5 Å². The normalized spacial score (nSPS) is 27.4. The van der Waals surface area contributed by atoms with Gasteiger partial charge in [-0.3, -0.25) is 24.0 Å². The second-order valence-corrected chi connectivity index (χ2v) is 11.2. The largest absolute Gasteiger partial charge is 0.507 e. The summed E-state index contributed by atoms with van der Waals surface area (Å²) in [7, 11) is 0. The molecule has 2 bridgehead atoms. The fraction of sp³-hybridized carbons (Fsp3) is 0.452. The number of allylic oxidation sites excluding steroid dienone is 3. The maximum atomic E-state index is 14.3. The van der Waals surface area contributed by atoms with Crippen molar-refractivity contribution in [1.82, 2.24) is 5.32 Å². The zero-order valence-corrected chi connectivity index (χ0v) is 23.4. The SMILES string of the molecule is CCC1C=CC(O)C(C=C(C)C)OC(=O)C2(C)CCC(=O)NC3=C2C(=O)c2c(cc(C)c(O)c2C(=O)CC1)C3=O. The molecule has 0 aromatic heterocycles. The van der Waals surface area contributed by atoms with E-state index >= 15 is 0 Å². The molecule has 2 aliphatic heterocycles. The summed E-state index contributed by atoms with van der Waals surface area (Å²) in [6, 6.07) is 1.32. The molecule has 4 unspecified atom stereocenters. The van der Waals surface area contributed by atoms with Crippen molar-refractivity contribution >= 4 is 29.2 Å². The number of rotatable bonds is 2. The molecule has 2 heterocycles. The molecule has 4 atom stereocenters. The van der Waals surface area contributed by atoms with E-state index in [-0.39, 0.29) is 58.7 Å². The molecule has 0 saturated heterocycles. The number of aliphatic hydroxyl groups excluding tert-OH is 1. The molecule has 1 aliphatic carbocycles. The number of aryl methyl sites for hydroxylation is 1. The first-order valence-electron chi connectivity index (χ1n) is 13.6. The number of Topliss-reactive ketones (excluding diaryl/α,β-unsaturated/α-hetero) is 3. The molecule has 9 nitrogen and oxygen atoms in total. The van der Waals surface area contributed by atoms with Crippen LogP contribution in [-0.4, -0.2) is 51.6 Å². The van der Waals surface area contributed by atoms with Crippen molar-refractivity contribution in [2.45, 2.75) is 78.9 Å². The first kappa shape index (κ1) is 29.1. The van der Waals surface area contributed by atoms with E-state index < -0.39 is 52.6 Å². The van der Waals surface area contributed by atoms with Crippen molar-refractivity contribution in [3.63, 3.8) is 0 Å². The lowest BCUT2D eigenvalue weighted by Gasteiger charge is -2.33.